The molecule has 11 rings (SSSR count). The highest BCUT2D eigenvalue weighted by Gasteiger charge is 2.50. The van der Waals surface area contributed by atoms with Crippen LogP contribution in [-0.4, -0.2) is 16.1 Å². The Morgan fingerprint density at radius 3 is 0.717 bits per heavy atom. The van der Waals surface area contributed by atoms with Gasteiger partial charge in [-0.3, -0.25) is 0 Å². The summed E-state index contributed by atoms with van der Waals surface area (Å²) >= 11 is 0. The van der Waals surface area contributed by atoms with E-state index in [0.29, 0.717) is 0 Å². The predicted molar refractivity (Wildman–Crippen MR) is 196 cm³/mol. The second kappa shape index (κ2) is 9.59. The molecule has 0 saturated carbocycles. The Kier molecular flexibility index (Phi) is 5.82. The lowest BCUT2D eigenvalue weighted by Crippen LogP contribution is -2.35. The lowest BCUT2D eigenvalue weighted by molar-refractivity contribution is 0.710. The summed E-state index contributed by atoms with van der Waals surface area (Å²) in [6.45, 7) is 14.3. The molecular weight excluding hydrogens is 585 g/mol. The van der Waals surface area contributed by atoms with Crippen LogP contribution >= 0.6 is 0 Å². The molecular formula is C44H38Si2. The van der Waals surface area contributed by atoms with Crippen molar-refractivity contribution in [1.82, 2.24) is 0 Å². The third kappa shape index (κ3) is 3.87. The first-order valence-electron chi connectivity index (χ1n) is 16.8. The maximum Gasteiger partial charge on any atom is 0.129 e. The van der Waals surface area contributed by atoms with Crippen LogP contribution in [0.1, 0.15) is 102 Å². The van der Waals surface area contributed by atoms with Gasteiger partial charge in [0.05, 0.1) is 0 Å². The zero-order valence-corrected chi connectivity index (χ0v) is 29.5. The molecule has 222 valence electrons. The Balaban J connectivity index is 1.51. The van der Waals surface area contributed by atoms with Crippen LogP contribution in [0.2, 0.25) is 39.3 Å². The highest BCUT2D eigenvalue weighted by molar-refractivity contribution is 6.84. The summed E-state index contributed by atoms with van der Waals surface area (Å²) < 4.78 is 0. The average Bonchev–Trinajstić information content (AvgIpc) is 3.04. The van der Waals surface area contributed by atoms with Gasteiger partial charge in [0, 0.05) is 34.8 Å². The van der Waals surface area contributed by atoms with Crippen LogP contribution < -0.4 is 0 Å². The highest BCUT2D eigenvalue weighted by Crippen LogP contribution is 2.63. The van der Waals surface area contributed by atoms with Gasteiger partial charge in [0.15, 0.2) is 0 Å². The van der Waals surface area contributed by atoms with E-state index in [2.05, 4.69) is 159 Å². The van der Waals surface area contributed by atoms with Crippen LogP contribution in [-0.2, 0) is 0 Å². The van der Waals surface area contributed by atoms with Crippen molar-refractivity contribution in [2.75, 3.05) is 0 Å². The van der Waals surface area contributed by atoms with Gasteiger partial charge in [0.2, 0.25) is 0 Å². The fourth-order valence-electron chi connectivity index (χ4n) is 8.86. The van der Waals surface area contributed by atoms with Crippen molar-refractivity contribution in [3.8, 4) is 22.9 Å². The van der Waals surface area contributed by atoms with Crippen LogP contribution in [0.15, 0.2) is 97.1 Å². The minimum Gasteiger partial charge on any atom is -0.127 e. The van der Waals surface area contributed by atoms with E-state index >= 15 is 0 Å². The summed E-state index contributed by atoms with van der Waals surface area (Å²) in [5.74, 6) is 8.63. The molecule has 0 saturated heterocycles. The quantitative estimate of drug-likeness (QED) is 0.117. The largest absolute Gasteiger partial charge is 0.129 e. The lowest BCUT2D eigenvalue weighted by Gasteiger charge is -2.48. The molecule has 0 unspecified atom stereocenters. The van der Waals surface area contributed by atoms with Crippen molar-refractivity contribution in [2.45, 2.75) is 63.0 Å². The van der Waals surface area contributed by atoms with E-state index in [-0.39, 0.29) is 23.7 Å². The third-order valence-electron chi connectivity index (χ3n) is 10.4. The number of hydrogen-bond donors (Lipinski definition) is 0. The molecule has 5 aromatic rings. The SMILES string of the molecule is C[Si](C)(C)C#Cc1c2c(c(C#C[Si](C)(C)C)c3c1C1c4ccccc4C3c3ccccc31)C1c3ccccc3C2c2ccccc21. The molecule has 0 nitrogen and oxygen atoms in total. The predicted octanol–water partition coefficient (Wildman–Crippen LogP) is 10.1. The van der Waals surface area contributed by atoms with E-state index < -0.39 is 16.1 Å². The Labute approximate surface area is 276 Å². The fourth-order valence-corrected chi connectivity index (χ4v) is 9.86. The zero-order valence-electron chi connectivity index (χ0n) is 27.5. The minimum atomic E-state index is -1.70. The molecule has 0 amide bonds. The molecule has 0 spiro atoms. The molecule has 46 heavy (non-hydrogen) atoms. The second-order valence-electron chi connectivity index (χ2n) is 15.7. The number of rotatable bonds is 0. The topological polar surface area (TPSA) is 0 Å². The van der Waals surface area contributed by atoms with Crippen molar-refractivity contribution in [3.05, 3.63) is 175 Å². The summed E-state index contributed by atoms with van der Waals surface area (Å²) in [4.78, 5) is 0. The average molecular weight is 623 g/mol. The molecule has 0 aliphatic heterocycles. The maximum atomic E-state index is 4.01. The summed E-state index contributed by atoms with van der Waals surface area (Å²) in [6, 6.07) is 36.9. The molecule has 5 aromatic carbocycles. The van der Waals surface area contributed by atoms with Crippen molar-refractivity contribution < 1.29 is 0 Å². The van der Waals surface area contributed by atoms with Crippen LogP contribution in [0.3, 0.4) is 0 Å². The Hall–Kier alpha value is -4.35. The first-order valence-corrected chi connectivity index (χ1v) is 23.8. The van der Waals surface area contributed by atoms with E-state index in [1.807, 2.05) is 0 Å². The first kappa shape index (κ1) is 27.9. The summed E-state index contributed by atoms with van der Waals surface area (Å²) in [5.41, 5.74) is 27.7. The van der Waals surface area contributed by atoms with Crippen molar-refractivity contribution in [2.24, 2.45) is 0 Å². The lowest BCUT2D eigenvalue weighted by atomic mass is 9.53. The Bertz CT molecular complexity index is 1890. The molecule has 6 aliphatic carbocycles. The van der Waals surface area contributed by atoms with Gasteiger partial charge in [-0.05, 0) is 66.8 Å². The summed E-state index contributed by atoms with van der Waals surface area (Å²) in [6.07, 6.45) is 0. The Morgan fingerprint density at radius 2 is 0.543 bits per heavy atom. The smallest absolute Gasteiger partial charge is 0.127 e. The molecule has 0 radical (unpaired) electrons. The first-order chi connectivity index (χ1) is 22.1. The third-order valence-corrected chi connectivity index (χ3v) is 12.2. The number of benzene rings is 5. The standard InChI is InChI=1S/C44H38Si2/c1-45(2,3)25-23-35-41-37-27-15-7-11-19-31(27)39(32-20-12-8-16-28(32)37)43(41)36(24-26-46(4,5)6)44-40-33-21-13-9-17-29(33)38(42(35)44)30-18-10-14-22-34(30)40/h7-22,37-40H,1-6H3. The van der Waals surface area contributed by atoms with Crippen LogP contribution in [0, 0.1) is 22.9 Å². The van der Waals surface area contributed by atoms with Crippen molar-refractivity contribution >= 4 is 16.1 Å². The van der Waals surface area contributed by atoms with Crippen molar-refractivity contribution in [1.29, 1.82) is 0 Å². The van der Waals surface area contributed by atoms with Gasteiger partial charge in [0.1, 0.15) is 16.1 Å². The van der Waals surface area contributed by atoms with E-state index in [4.69, 9.17) is 0 Å². The molecule has 0 fully saturated rings. The van der Waals surface area contributed by atoms with E-state index in [9.17, 15) is 0 Å². The van der Waals surface area contributed by atoms with E-state index in [1.165, 1.54) is 77.9 Å². The minimum absolute atomic E-state index is 0.155. The van der Waals surface area contributed by atoms with Crippen LogP contribution in [0.5, 0.6) is 0 Å². The summed E-state index contributed by atoms with van der Waals surface area (Å²) in [7, 11) is -3.39. The zero-order chi connectivity index (χ0) is 31.5. The summed E-state index contributed by atoms with van der Waals surface area (Å²) in [5, 5.41) is 0. The van der Waals surface area contributed by atoms with Crippen molar-refractivity contribution in [3.63, 3.8) is 0 Å². The molecule has 0 N–H and O–H groups in total. The van der Waals surface area contributed by atoms with Crippen LogP contribution in [0.4, 0.5) is 0 Å². The van der Waals surface area contributed by atoms with Gasteiger partial charge in [-0.2, -0.15) is 0 Å². The van der Waals surface area contributed by atoms with Gasteiger partial charge < -0.3 is 0 Å². The van der Waals surface area contributed by atoms with E-state index in [1.54, 1.807) is 0 Å². The highest BCUT2D eigenvalue weighted by atomic mass is 28.3. The second-order valence-corrected chi connectivity index (χ2v) is 25.2. The van der Waals surface area contributed by atoms with Gasteiger partial charge in [0.25, 0.3) is 0 Å². The van der Waals surface area contributed by atoms with Gasteiger partial charge in [-0.15, -0.1) is 11.1 Å². The molecule has 0 aromatic heterocycles. The fraction of sp³-hybridized carbons (Fsp3) is 0.227. The van der Waals surface area contributed by atoms with Gasteiger partial charge in [-0.1, -0.05) is 148 Å². The number of hydrogen-bond acceptors (Lipinski definition) is 0. The monoisotopic (exact) mass is 622 g/mol. The Morgan fingerprint density at radius 1 is 0.348 bits per heavy atom. The maximum absolute atomic E-state index is 4.01. The molecule has 0 atom stereocenters. The van der Waals surface area contributed by atoms with Gasteiger partial charge in [-0.25, -0.2) is 0 Å². The molecule has 6 aliphatic rings. The van der Waals surface area contributed by atoms with Gasteiger partial charge >= 0.3 is 0 Å². The molecule has 4 bridgehead atoms. The molecule has 0 heterocycles. The molecule has 2 heteroatoms. The normalized spacial score (nSPS) is 20.5. The van der Waals surface area contributed by atoms with Crippen LogP contribution in [0.25, 0.3) is 0 Å². The van der Waals surface area contributed by atoms with E-state index in [0.717, 1.165) is 0 Å².